The van der Waals surface area contributed by atoms with Crippen LogP contribution < -0.4 is 5.73 Å². The third kappa shape index (κ3) is 2.60. The Morgan fingerprint density at radius 3 is 2.55 bits per heavy atom. The minimum Gasteiger partial charge on any atom is -0.372 e. The van der Waals surface area contributed by atoms with Gasteiger partial charge in [-0.2, -0.15) is 0 Å². The Bertz CT molecular complexity index is 666. The van der Waals surface area contributed by atoms with Gasteiger partial charge in [-0.05, 0) is 23.3 Å². The van der Waals surface area contributed by atoms with Gasteiger partial charge < -0.3 is 10.5 Å². The summed E-state index contributed by atoms with van der Waals surface area (Å²) in [6.45, 7) is 1.10. The topological polar surface area (TPSA) is 35.2 Å². The largest absolute Gasteiger partial charge is 0.372 e. The molecule has 2 aromatic rings. The lowest BCUT2D eigenvalue weighted by Crippen LogP contribution is -2.16. The van der Waals surface area contributed by atoms with Crippen LogP contribution in [0.3, 0.4) is 0 Å². The summed E-state index contributed by atoms with van der Waals surface area (Å²) in [5.74, 6) is 6.53. The Kier molecular flexibility index (Phi) is 3.83. The molecule has 1 unspecified atom stereocenters. The molecule has 0 bridgehead atoms. The molecule has 20 heavy (non-hydrogen) atoms. The molecule has 2 aromatic carbocycles. The van der Waals surface area contributed by atoms with Crippen LogP contribution in [0.4, 0.5) is 0 Å². The Morgan fingerprint density at radius 1 is 1.00 bits per heavy atom. The zero-order chi connectivity index (χ0) is 13.8. The van der Waals surface area contributed by atoms with Gasteiger partial charge in [0.2, 0.25) is 0 Å². The van der Waals surface area contributed by atoms with E-state index in [1.165, 1.54) is 5.56 Å². The predicted molar refractivity (Wildman–Crippen MR) is 80.3 cm³/mol. The van der Waals surface area contributed by atoms with Gasteiger partial charge in [-0.3, -0.25) is 0 Å². The van der Waals surface area contributed by atoms with Crippen LogP contribution in [-0.2, 0) is 11.2 Å². The van der Waals surface area contributed by atoms with Gasteiger partial charge >= 0.3 is 0 Å². The molecule has 1 aliphatic rings. The lowest BCUT2D eigenvalue weighted by Gasteiger charge is -2.21. The summed E-state index contributed by atoms with van der Waals surface area (Å²) in [6.07, 6.45) is 0.854. The Hall–Kier alpha value is -2.08. The maximum absolute atomic E-state index is 5.96. The van der Waals surface area contributed by atoms with Crippen LogP contribution in [0, 0.1) is 11.8 Å². The van der Waals surface area contributed by atoms with Crippen LogP contribution in [0.2, 0.25) is 0 Å². The number of benzene rings is 2. The fourth-order valence-electron chi connectivity index (χ4n) is 2.52. The molecule has 0 radical (unpaired) electrons. The van der Waals surface area contributed by atoms with E-state index in [4.69, 9.17) is 10.5 Å². The monoisotopic (exact) mass is 263 g/mol. The fourth-order valence-corrected chi connectivity index (χ4v) is 2.52. The molecule has 0 amide bonds. The van der Waals surface area contributed by atoms with Gasteiger partial charge in [-0.1, -0.05) is 48.2 Å². The summed E-state index contributed by atoms with van der Waals surface area (Å²) >= 11 is 0. The van der Waals surface area contributed by atoms with Gasteiger partial charge in [0.1, 0.15) is 0 Å². The highest BCUT2D eigenvalue weighted by atomic mass is 16.5. The average Bonchev–Trinajstić information content (AvgIpc) is 2.48. The molecule has 2 N–H and O–H groups in total. The van der Waals surface area contributed by atoms with Gasteiger partial charge in [0.05, 0.1) is 12.7 Å². The van der Waals surface area contributed by atoms with Crippen LogP contribution in [0.15, 0.2) is 48.5 Å². The molecule has 0 saturated carbocycles. The molecule has 2 heteroatoms. The van der Waals surface area contributed by atoms with Gasteiger partial charge in [-0.25, -0.2) is 0 Å². The van der Waals surface area contributed by atoms with E-state index in [0.29, 0.717) is 13.2 Å². The normalized spacial score (nSPS) is 16.1. The first-order chi connectivity index (χ1) is 9.88. The van der Waals surface area contributed by atoms with Crippen molar-refractivity contribution in [3.8, 4) is 11.8 Å². The summed E-state index contributed by atoms with van der Waals surface area (Å²) in [6, 6.07) is 16.5. The molecular formula is C18H17NO. The van der Waals surface area contributed by atoms with Gasteiger partial charge in [0.25, 0.3) is 0 Å². The first kappa shape index (κ1) is 12.9. The van der Waals surface area contributed by atoms with Crippen LogP contribution in [0.25, 0.3) is 0 Å². The van der Waals surface area contributed by atoms with E-state index in [0.717, 1.165) is 23.1 Å². The van der Waals surface area contributed by atoms with E-state index >= 15 is 0 Å². The van der Waals surface area contributed by atoms with Crippen molar-refractivity contribution in [2.24, 2.45) is 5.73 Å². The van der Waals surface area contributed by atoms with Crippen molar-refractivity contribution in [3.05, 3.63) is 70.8 Å². The number of hydrogen-bond acceptors (Lipinski definition) is 2. The Labute approximate surface area is 119 Å². The second-order valence-electron chi connectivity index (χ2n) is 4.85. The number of ether oxygens (including phenoxy) is 1. The third-order valence-electron chi connectivity index (χ3n) is 3.50. The molecular weight excluding hydrogens is 246 g/mol. The Morgan fingerprint density at radius 2 is 1.70 bits per heavy atom. The third-order valence-corrected chi connectivity index (χ3v) is 3.50. The minimum atomic E-state index is 0.0190. The molecule has 1 aliphatic carbocycles. The average molecular weight is 263 g/mol. The molecule has 2 nitrogen and oxygen atoms in total. The summed E-state index contributed by atoms with van der Waals surface area (Å²) < 4.78 is 5.96. The van der Waals surface area contributed by atoms with Crippen molar-refractivity contribution in [1.82, 2.24) is 0 Å². The highest BCUT2D eigenvalue weighted by molar-refractivity contribution is 5.52. The van der Waals surface area contributed by atoms with E-state index in [1.54, 1.807) is 0 Å². The summed E-state index contributed by atoms with van der Waals surface area (Å²) in [7, 11) is 0. The second-order valence-corrected chi connectivity index (χ2v) is 4.85. The summed E-state index contributed by atoms with van der Waals surface area (Å²) in [4.78, 5) is 0. The molecule has 1 atom stereocenters. The van der Waals surface area contributed by atoms with E-state index in [9.17, 15) is 0 Å². The zero-order valence-electron chi connectivity index (χ0n) is 11.3. The van der Waals surface area contributed by atoms with E-state index in [-0.39, 0.29) is 6.10 Å². The van der Waals surface area contributed by atoms with Crippen molar-refractivity contribution in [2.45, 2.75) is 12.5 Å². The number of rotatable bonds is 3. The van der Waals surface area contributed by atoms with Crippen molar-refractivity contribution in [2.75, 3.05) is 13.2 Å². The lowest BCUT2D eigenvalue weighted by molar-refractivity contribution is 0.0582. The molecule has 0 fully saturated rings. The zero-order valence-corrected chi connectivity index (χ0v) is 11.3. The molecule has 100 valence electrons. The lowest BCUT2D eigenvalue weighted by atomic mass is 9.92. The SMILES string of the molecule is NCCOC1Cc2ccccc2C#Cc2ccccc21. The smallest absolute Gasteiger partial charge is 0.0878 e. The molecule has 0 spiro atoms. The molecule has 0 saturated heterocycles. The van der Waals surface area contributed by atoms with Crippen molar-refractivity contribution in [1.29, 1.82) is 0 Å². The van der Waals surface area contributed by atoms with Crippen LogP contribution in [0.1, 0.15) is 28.4 Å². The predicted octanol–water partition coefficient (Wildman–Crippen LogP) is 2.66. The van der Waals surface area contributed by atoms with Gasteiger partial charge in [-0.15, -0.1) is 0 Å². The first-order valence-electron chi connectivity index (χ1n) is 6.89. The quantitative estimate of drug-likeness (QED) is 0.864. The van der Waals surface area contributed by atoms with Gasteiger partial charge in [0.15, 0.2) is 0 Å². The fraction of sp³-hybridized carbons (Fsp3) is 0.222. The maximum Gasteiger partial charge on any atom is 0.0878 e. The maximum atomic E-state index is 5.96. The number of nitrogens with two attached hydrogens (primary N) is 1. The Balaban J connectivity index is 2.07. The molecule has 0 aliphatic heterocycles. The van der Waals surface area contributed by atoms with Crippen LogP contribution in [-0.4, -0.2) is 13.2 Å². The van der Waals surface area contributed by atoms with Gasteiger partial charge in [0, 0.05) is 24.1 Å². The highest BCUT2D eigenvalue weighted by Crippen LogP contribution is 2.28. The van der Waals surface area contributed by atoms with Crippen molar-refractivity contribution in [3.63, 3.8) is 0 Å². The standard InChI is InChI=1S/C18H17NO/c19-11-12-20-18-13-16-7-2-1-5-14(16)9-10-15-6-3-4-8-17(15)18/h1-8,18H,11-13,19H2. The minimum absolute atomic E-state index is 0.0190. The van der Waals surface area contributed by atoms with E-state index < -0.39 is 0 Å². The first-order valence-corrected chi connectivity index (χ1v) is 6.89. The highest BCUT2D eigenvalue weighted by Gasteiger charge is 2.18. The van der Waals surface area contributed by atoms with E-state index in [1.807, 2.05) is 24.3 Å². The summed E-state index contributed by atoms with van der Waals surface area (Å²) in [5, 5.41) is 0. The molecule has 0 heterocycles. The molecule has 3 rings (SSSR count). The number of hydrogen-bond donors (Lipinski definition) is 1. The molecule has 0 aromatic heterocycles. The van der Waals surface area contributed by atoms with Crippen molar-refractivity contribution < 1.29 is 4.74 Å². The van der Waals surface area contributed by atoms with Crippen LogP contribution >= 0.6 is 0 Å². The second kappa shape index (κ2) is 5.92. The summed E-state index contributed by atoms with van der Waals surface area (Å²) in [5.41, 5.74) is 10.1. The van der Waals surface area contributed by atoms with Crippen molar-refractivity contribution >= 4 is 0 Å². The van der Waals surface area contributed by atoms with E-state index in [2.05, 4.69) is 36.1 Å². The number of fused-ring (bicyclic) bond motifs is 2. The van der Waals surface area contributed by atoms with Crippen LogP contribution in [0.5, 0.6) is 0 Å².